The zero-order valence-corrected chi connectivity index (χ0v) is 13.9. The van der Waals surface area contributed by atoms with E-state index >= 15 is 0 Å². The minimum absolute atomic E-state index is 0.120. The molecule has 0 spiro atoms. The average Bonchev–Trinajstić information content (AvgIpc) is 2.31. The Balaban J connectivity index is 2.95. The van der Waals surface area contributed by atoms with Crippen LogP contribution >= 0.6 is 39.1 Å². The molecule has 1 aromatic rings. The van der Waals surface area contributed by atoms with Crippen LogP contribution in [0.3, 0.4) is 0 Å². The number of rotatable bonds is 6. The molecule has 0 aliphatic carbocycles. The van der Waals surface area contributed by atoms with Crippen LogP contribution in [-0.4, -0.2) is 19.5 Å². The summed E-state index contributed by atoms with van der Waals surface area (Å²) in [5.41, 5.74) is 0. The molecule has 2 nitrogen and oxygen atoms in total. The number of benzene rings is 1. The zero-order chi connectivity index (χ0) is 13.8. The van der Waals surface area contributed by atoms with Gasteiger partial charge in [0.1, 0.15) is 0 Å². The van der Waals surface area contributed by atoms with E-state index in [1.165, 1.54) is 18.2 Å². The molecule has 0 amide bonds. The van der Waals surface area contributed by atoms with Crippen LogP contribution in [-0.2, 0) is 9.84 Å². The first kappa shape index (κ1) is 16.3. The van der Waals surface area contributed by atoms with Gasteiger partial charge in [-0.05, 0) is 30.5 Å². The fraction of sp³-hybridized carbons (Fsp3) is 0.500. The fourth-order valence-electron chi connectivity index (χ4n) is 1.69. The molecule has 0 fully saturated rings. The van der Waals surface area contributed by atoms with Crippen molar-refractivity contribution in [2.75, 3.05) is 11.1 Å². The van der Waals surface area contributed by atoms with Crippen molar-refractivity contribution in [1.82, 2.24) is 0 Å². The van der Waals surface area contributed by atoms with Crippen molar-refractivity contribution in [2.45, 2.75) is 24.7 Å². The minimum atomic E-state index is -3.31. The molecule has 0 bridgehead atoms. The maximum absolute atomic E-state index is 12.2. The highest BCUT2D eigenvalue weighted by Gasteiger charge is 2.21. The van der Waals surface area contributed by atoms with Gasteiger partial charge in [-0.15, -0.1) is 0 Å². The lowest BCUT2D eigenvalue weighted by molar-refractivity contribution is 0.552. The van der Waals surface area contributed by atoms with Gasteiger partial charge in [-0.3, -0.25) is 0 Å². The maximum Gasteiger partial charge on any atom is 0.178 e. The summed E-state index contributed by atoms with van der Waals surface area (Å²) in [6.07, 6.45) is 1.85. The van der Waals surface area contributed by atoms with E-state index in [2.05, 4.69) is 15.9 Å². The molecule has 0 aromatic heterocycles. The predicted octanol–water partition coefficient (Wildman–Crippen LogP) is 4.58. The Hall–Kier alpha value is 0.230. The quantitative estimate of drug-likeness (QED) is 0.684. The van der Waals surface area contributed by atoms with E-state index in [4.69, 9.17) is 23.2 Å². The van der Waals surface area contributed by atoms with Crippen LogP contribution in [0.25, 0.3) is 0 Å². The van der Waals surface area contributed by atoms with Gasteiger partial charge < -0.3 is 0 Å². The van der Waals surface area contributed by atoms with Crippen LogP contribution in [0.1, 0.15) is 19.8 Å². The predicted molar refractivity (Wildman–Crippen MR) is 80.7 cm³/mol. The lowest BCUT2D eigenvalue weighted by Crippen LogP contribution is -2.17. The molecule has 0 saturated carbocycles. The van der Waals surface area contributed by atoms with Crippen molar-refractivity contribution >= 4 is 49.0 Å². The normalized spacial score (nSPS) is 13.6. The van der Waals surface area contributed by atoms with Gasteiger partial charge in [0.25, 0.3) is 0 Å². The maximum atomic E-state index is 12.2. The molecule has 0 aliphatic rings. The van der Waals surface area contributed by atoms with Crippen molar-refractivity contribution in [2.24, 2.45) is 5.92 Å². The van der Waals surface area contributed by atoms with E-state index in [1.807, 2.05) is 6.92 Å². The molecule has 1 rings (SSSR count). The monoisotopic (exact) mass is 372 g/mol. The van der Waals surface area contributed by atoms with E-state index in [0.717, 1.165) is 12.8 Å². The van der Waals surface area contributed by atoms with Crippen molar-refractivity contribution in [3.63, 3.8) is 0 Å². The summed E-state index contributed by atoms with van der Waals surface area (Å²) in [6, 6.07) is 4.43. The van der Waals surface area contributed by atoms with Crippen LogP contribution in [0.4, 0.5) is 0 Å². The summed E-state index contributed by atoms with van der Waals surface area (Å²) < 4.78 is 24.4. The van der Waals surface area contributed by atoms with Crippen LogP contribution in [0.15, 0.2) is 23.1 Å². The lowest BCUT2D eigenvalue weighted by atomic mass is 10.1. The first-order valence-corrected chi connectivity index (χ1v) is 9.17. The van der Waals surface area contributed by atoms with E-state index in [-0.39, 0.29) is 21.6 Å². The smallest absolute Gasteiger partial charge is 0.178 e. The van der Waals surface area contributed by atoms with E-state index in [9.17, 15) is 8.42 Å². The highest BCUT2D eigenvalue weighted by Crippen LogP contribution is 2.26. The van der Waals surface area contributed by atoms with Gasteiger partial charge in [0.05, 0.1) is 20.7 Å². The Morgan fingerprint density at radius 3 is 2.44 bits per heavy atom. The van der Waals surface area contributed by atoms with Gasteiger partial charge in [0, 0.05) is 5.33 Å². The second-order valence-electron chi connectivity index (χ2n) is 4.17. The molecule has 1 atom stereocenters. The summed E-state index contributed by atoms with van der Waals surface area (Å²) in [5, 5.41) is 1.31. The number of hydrogen-bond donors (Lipinski definition) is 0. The summed E-state index contributed by atoms with van der Waals surface area (Å²) >= 11 is 15.0. The third-order valence-corrected chi connectivity index (χ3v) is 6.16. The third-order valence-electron chi connectivity index (χ3n) is 2.62. The second kappa shape index (κ2) is 7.13. The first-order chi connectivity index (χ1) is 8.40. The second-order valence-corrected chi connectivity index (χ2v) is 7.66. The first-order valence-electron chi connectivity index (χ1n) is 5.64. The van der Waals surface area contributed by atoms with Crippen LogP contribution < -0.4 is 0 Å². The Kier molecular flexibility index (Phi) is 6.45. The summed E-state index contributed by atoms with van der Waals surface area (Å²) in [4.78, 5) is 0.235. The molecule has 0 aliphatic heterocycles. The highest BCUT2D eigenvalue weighted by molar-refractivity contribution is 9.09. The van der Waals surface area contributed by atoms with E-state index < -0.39 is 9.84 Å². The number of halogens is 3. The Morgan fingerprint density at radius 2 is 1.94 bits per heavy atom. The van der Waals surface area contributed by atoms with Crippen LogP contribution in [0, 0.1) is 5.92 Å². The standard InChI is InChI=1S/C12H15BrCl2O2S/c1-2-3-9(7-13)8-18(16,17)10-4-5-11(14)12(15)6-10/h4-6,9H,2-3,7-8H2,1H3. The summed E-state index contributed by atoms with van der Waals surface area (Å²) in [7, 11) is -3.31. The molecule has 6 heteroatoms. The molecule has 18 heavy (non-hydrogen) atoms. The Morgan fingerprint density at radius 1 is 1.28 bits per heavy atom. The zero-order valence-electron chi connectivity index (χ0n) is 10.00. The van der Waals surface area contributed by atoms with Gasteiger partial charge in [-0.1, -0.05) is 52.5 Å². The fourth-order valence-corrected chi connectivity index (χ4v) is 4.58. The largest absolute Gasteiger partial charge is 0.224 e. The molecule has 0 saturated heterocycles. The van der Waals surface area contributed by atoms with Crippen molar-refractivity contribution in [3.05, 3.63) is 28.2 Å². The molecule has 1 aromatic carbocycles. The highest BCUT2D eigenvalue weighted by atomic mass is 79.9. The van der Waals surface area contributed by atoms with Crippen molar-refractivity contribution in [3.8, 4) is 0 Å². The van der Waals surface area contributed by atoms with Gasteiger partial charge in [-0.25, -0.2) is 8.42 Å². The summed E-state index contributed by atoms with van der Waals surface area (Å²) in [5.74, 6) is 0.249. The van der Waals surface area contributed by atoms with Crippen molar-refractivity contribution < 1.29 is 8.42 Å². The Bertz CT molecular complexity index is 503. The molecule has 0 N–H and O–H groups in total. The number of alkyl halides is 1. The van der Waals surface area contributed by atoms with Gasteiger partial charge in [0.15, 0.2) is 9.84 Å². The SMILES string of the molecule is CCCC(CBr)CS(=O)(=O)c1ccc(Cl)c(Cl)c1. The molecule has 0 radical (unpaired) electrons. The van der Waals surface area contributed by atoms with Gasteiger partial charge in [0.2, 0.25) is 0 Å². The average molecular weight is 374 g/mol. The molecule has 102 valence electrons. The van der Waals surface area contributed by atoms with E-state index in [1.54, 1.807) is 0 Å². The number of hydrogen-bond acceptors (Lipinski definition) is 2. The van der Waals surface area contributed by atoms with E-state index in [0.29, 0.717) is 10.4 Å². The molecular formula is C12H15BrCl2O2S. The lowest BCUT2D eigenvalue weighted by Gasteiger charge is -2.13. The Labute approximate surface area is 127 Å². The van der Waals surface area contributed by atoms with Gasteiger partial charge in [-0.2, -0.15) is 0 Å². The van der Waals surface area contributed by atoms with Crippen LogP contribution in [0.2, 0.25) is 10.0 Å². The van der Waals surface area contributed by atoms with Gasteiger partial charge >= 0.3 is 0 Å². The topological polar surface area (TPSA) is 34.1 Å². The third kappa shape index (κ3) is 4.41. The van der Waals surface area contributed by atoms with Crippen molar-refractivity contribution in [1.29, 1.82) is 0 Å². The van der Waals surface area contributed by atoms with Crippen LogP contribution in [0.5, 0.6) is 0 Å². The molecular weight excluding hydrogens is 359 g/mol. The molecule has 1 unspecified atom stereocenters. The minimum Gasteiger partial charge on any atom is -0.224 e. The summed E-state index contributed by atoms with van der Waals surface area (Å²) in [6.45, 7) is 2.04. The molecule has 0 heterocycles. The number of sulfone groups is 1.